The molecule has 1 aliphatic rings. The fourth-order valence-corrected chi connectivity index (χ4v) is 6.13. The average molecular weight is 424 g/mol. The van der Waals surface area contributed by atoms with E-state index >= 15 is 0 Å². The number of benzene rings is 1. The molecular weight excluding hydrogens is 402 g/mol. The standard InChI is InChI=1S/C21H21N5OS2/c1-12-8-9-15-16(10-12)29-20-17(15)19(27)23-18(24-20)13(2)28-21-25-22-11-26(21)14-6-4-3-5-7-14/h3-7,11-13H,8-10H2,1-2H3,(H,23,24,27). The van der Waals surface area contributed by atoms with Crippen LogP contribution in [0.15, 0.2) is 46.6 Å². The van der Waals surface area contributed by atoms with Crippen molar-refractivity contribution in [3.8, 4) is 5.69 Å². The van der Waals surface area contributed by atoms with Crippen molar-refractivity contribution in [3.63, 3.8) is 0 Å². The maximum atomic E-state index is 12.9. The van der Waals surface area contributed by atoms with Crippen molar-refractivity contribution in [2.45, 2.75) is 43.5 Å². The lowest BCUT2D eigenvalue weighted by molar-refractivity contribution is 0.509. The van der Waals surface area contributed by atoms with Crippen LogP contribution in [0.1, 0.15) is 41.8 Å². The van der Waals surface area contributed by atoms with E-state index in [4.69, 9.17) is 4.98 Å². The van der Waals surface area contributed by atoms with Gasteiger partial charge in [-0.05, 0) is 49.8 Å². The van der Waals surface area contributed by atoms with E-state index in [1.54, 1.807) is 17.7 Å². The molecule has 0 saturated heterocycles. The first-order valence-electron chi connectivity index (χ1n) is 9.76. The van der Waals surface area contributed by atoms with Crippen LogP contribution < -0.4 is 5.56 Å². The molecular formula is C21H21N5OS2. The van der Waals surface area contributed by atoms with E-state index in [-0.39, 0.29) is 10.8 Å². The van der Waals surface area contributed by atoms with E-state index in [2.05, 4.69) is 22.1 Å². The molecule has 0 saturated carbocycles. The highest BCUT2D eigenvalue weighted by Crippen LogP contribution is 2.37. The average Bonchev–Trinajstić information content (AvgIpc) is 3.32. The van der Waals surface area contributed by atoms with E-state index < -0.39 is 0 Å². The van der Waals surface area contributed by atoms with Crippen molar-refractivity contribution in [2.24, 2.45) is 5.92 Å². The van der Waals surface area contributed by atoms with Crippen LogP contribution in [0.5, 0.6) is 0 Å². The van der Waals surface area contributed by atoms with Crippen molar-refractivity contribution < 1.29 is 0 Å². The zero-order valence-electron chi connectivity index (χ0n) is 16.3. The Morgan fingerprint density at radius 2 is 2.14 bits per heavy atom. The van der Waals surface area contributed by atoms with Crippen molar-refractivity contribution in [1.29, 1.82) is 0 Å². The summed E-state index contributed by atoms with van der Waals surface area (Å²) in [6.07, 6.45) is 4.88. The first-order chi connectivity index (χ1) is 14.1. The molecule has 2 atom stereocenters. The summed E-state index contributed by atoms with van der Waals surface area (Å²) in [5, 5.41) is 9.84. The summed E-state index contributed by atoms with van der Waals surface area (Å²) in [6, 6.07) is 9.98. The third-order valence-corrected chi connectivity index (χ3v) is 7.62. The first-order valence-corrected chi connectivity index (χ1v) is 11.5. The molecule has 0 bridgehead atoms. The second-order valence-electron chi connectivity index (χ2n) is 7.56. The van der Waals surface area contributed by atoms with Gasteiger partial charge in [0.2, 0.25) is 0 Å². The molecule has 2 unspecified atom stereocenters. The zero-order valence-corrected chi connectivity index (χ0v) is 17.9. The van der Waals surface area contributed by atoms with Gasteiger partial charge in [-0.15, -0.1) is 21.5 Å². The highest BCUT2D eigenvalue weighted by Gasteiger charge is 2.24. The number of nitrogens with zero attached hydrogens (tertiary/aromatic N) is 4. The summed E-state index contributed by atoms with van der Waals surface area (Å²) < 4.78 is 1.95. The van der Waals surface area contributed by atoms with Crippen molar-refractivity contribution in [2.75, 3.05) is 0 Å². The molecule has 1 aromatic carbocycles. The smallest absolute Gasteiger partial charge is 0.259 e. The number of aromatic nitrogens is 5. The number of fused-ring (bicyclic) bond motifs is 3. The number of aryl methyl sites for hydroxylation is 1. The lowest BCUT2D eigenvalue weighted by atomic mass is 9.89. The van der Waals surface area contributed by atoms with E-state index in [1.165, 1.54) is 22.2 Å². The number of aromatic amines is 1. The number of rotatable bonds is 4. The molecule has 5 rings (SSSR count). The molecule has 4 aromatic rings. The van der Waals surface area contributed by atoms with Gasteiger partial charge in [0.25, 0.3) is 5.56 Å². The number of hydrogen-bond donors (Lipinski definition) is 1. The third kappa shape index (κ3) is 3.40. The second kappa shape index (κ2) is 7.42. The number of hydrogen-bond acceptors (Lipinski definition) is 6. The van der Waals surface area contributed by atoms with Gasteiger partial charge in [-0.1, -0.05) is 36.9 Å². The minimum Gasteiger partial charge on any atom is -0.309 e. The molecule has 8 heteroatoms. The summed E-state index contributed by atoms with van der Waals surface area (Å²) in [5.41, 5.74) is 2.20. The lowest BCUT2D eigenvalue weighted by Crippen LogP contribution is -2.15. The molecule has 3 aromatic heterocycles. The third-order valence-electron chi connectivity index (χ3n) is 5.40. The Morgan fingerprint density at radius 1 is 1.31 bits per heavy atom. The Bertz CT molecular complexity index is 1230. The van der Waals surface area contributed by atoms with Crippen LogP contribution in [0.4, 0.5) is 0 Å². The van der Waals surface area contributed by atoms with Crippen LogP contribution in [0.2, 0.25) is 0 Å². The molecule has 1 aliphatic carbocycles. The molecule has 0 aliphatic heterocycles. The zero-order chi connectivity index (χ0) is 20.0. The summed E-state index contributed by atoms with van der Waals surface area (Å²) in [5.74, 6) is 1.36. The molecule has 6 nitrogen and oxygen atoms in total. The predicted octanol–water partition coefficient (Wildman–Crippen LogP) is 4.54. The Hall–Kier alpha value is -2.45. The summed E-state index contributed by atoms with van der Waals surface area (Å²) >= 11 is 3.22. The quantitative estimate of drug-likeness (QED) is 0.488. The molecule has 0 radical (unpaired) electrons. The predicted molar refractivity (Wildman–Crippen MR) is 117 cm³/mol. The van der Waals surface area contributed by atoms with Gasteiger partial charge < -0.3 is 4.98 Å². The van der Waals surface area contributed by atoms with Gasteiger partial charge in [0.05, 0.1) is 10.6 Å². The summed E-state index contributed by atoms with van der Waals surface area (Å²) in [6.45, 7) is 4.31. The Balaban J connectivity index is 1.48. The fraction of sp³-hybridized carbons (Fsp3) is 0.333. The van der Waals surface area contributed by atoms with Gasteiger partial charge in [-0.3, -0.25) is 9.36 Å². The highest BCUT2D eigenvalue weighted by molar-refractivity contribution is 7.99. The number of thioether (sulfide) groups is 1. The van der Waals surface area contributed by atoms with Crippen molar-refractivity contribution in [1.82, 2.24) is 24.7 Å². The monoisotopic (exact) mass is 423 g/mol. The normalized spacial score (nSPS) is 17.4. The van der Waals surface area contributed by atoms with Crippen molar-refractivity contribution in [3.05, 3.63) is 63.3 Å². The van der Waals surface area contributed by atoms with Crippen LogP contribution in [-0.4, -0.2) is 24.7 Å². The van der Waals surface area contributed by atoms with Crippen LogP contribution in [0.3, 0.4) is 0 Å². The maximum Gasteiger partial charge on any atom is 0.259 e. The summed E-state index contributed by atoms with van der Waals surface area (Å²) in [7, 11) is 0. The van der Waals surface area contributed by atoms with Gasteiger partial charge >= 0.3 is 0 Å². The van der Waals surface area contributed by atoms with E-state index in [9.17, 15) is 4.79 Å². The lowest BCUT2D eigenvalue weighted by Gasteiger charge is -2.17. The van der Waals surface area contributed by atoms with E-state index in [0.29, 0.717) is 11.7 Å². The van der Waals surface area contributed by atoms with Crippen LogP contribution in [0.25, 0.3) is 15.9 Å². The highest BCUT2D eigenvalue weighted by atomic mass is 32.2. The Labute approximate surface area is 176 Å². The van der Waals surface area contributed by atoms with Crippen LogP contribution >= 0.6 is 23.1 Å². The summed E-state index contributed by atoms with van der Waals surface area (Å²) in [4.78, 5) is 22.9. The molecule has 29 heavy (non-hydrogen) atoms. The van der Waals surface area contributed by atoms with Crippen LogP contribution in [0, 0.1) is 5.92 Å². The minimum absolute atomic E-state index is 0.0194. The number of para-hydroxylation sites is 1. The molecule has 0 spiro atoms. The molecule has 3 heterocycles. The van der Waals surface area contributed by atoms with E-state index in [1.807, 2.05) is 41.8 Å². The molecule has 1 N–H and O–H groups in total. The first kappa shape index (κ1) is 18.6. The van der Waals surface area contributed by atoms with Gasteiger partial charge in [-0.25, -0.2) is 4.98 Å². The number of nitrogens with one attached hydrogen (secondary N) is 1. The van der Waals surface area contributed by atoms with Crippen molar-refractivity contribution >= 4 is 33.3 Å². The van der Waals surface area contributed by atoms with E-state index in [0.717, 1.165) is 40.3 Å². The molecule has 0 fully saturated rings. The molecule has 148 valence electrons. The second-order valence-corrected chi connectivity index (χ2v) is 9.95. The Kier molecular flexibility index (Phi) is 4.75. The van der Waals surface area contributed by atoms with Gasteiger partial charge in [0.1, 0.15) is 17.0 Å². The van der Waals surface area contributed by atoms with Crippen LogP contribution in [-0.2, 0) is 12.8 Å². The fourth-order valence-electron chi connectivity index (χ4n) is 3.84. The number of H-pyrrole nitrogens is 1. The Morgan fingerprint density at radius 3 is 2.97 bits per heavy atom. The van der Waals surface area contributed by atoms with Gasteiger partial charge in [-0.2, -0.15) is 0 Å². The van der Waals surface area contributed by atoms with Gasteiger partial charge in [0.15, 0.2) is 5.16 Å². The topological polar surface area (TPSA) is 76.5 Å². The maximum absolute atomic E-state index is 12.9. The minimum atomic E-state index is -0.0585. The largest absolute Gasteiger partial charge is 0.309 e. The molecule has 0 amide bonds. The number of thiophene rings is 1. The SMILES string of the molecule is CC1CCc2c(sc3nc(C(C)Sc4nncn4-c4ccccc4)[nH]c(=O)c23)C1. The van der Waals surface area contributed by atoms with Gasteiger partial charge in [0, 0.05) is 10.6 Å².